The van der Waals surface area contributed by atoms with E-state index in [-0.39, 0.29) is 22.9 Å². The number of aryl methyl sites for hydroxylation is 2. The van der Waals surface area contributed by atoms with Crippen LogP contribution in [0.1, 0.15) is 59.7 Å². The van der Waals surface area contributed by atoms with Gasteiger partial charge in [-0.05, 0) is 67.8 Å². The van der Waals surface area contributed by atoms with Gasteiger partial charge in [0.1, 0.15) is 0 Å². The Kier molecular flexibility index (Phi) is 13.0. The highest BCUT2D eigenvalue weighted by molar-refractivity contribution is 9.09. The number of alkyl halides is 1. The molecule has 2 amide bonds. The molecule has 0 aliphatic rings. The van der Waals surface area contributed by atoms with Crippen molar-refractivity contribution in [2.45, 2.75) is 27.2 Å². The van der Waals surface area contributed by atoms with Crippen molar-refractivity contribution in [3.8, 4) is 11.3 Å². The highest BCUT2D eigenvalue weighted by Crippen LogP contribution is 2.28. The Balaban J connectivity index is 0.000000317. The SMILES string of the molecule is CCN(C)C=Nc1cc(C)c(Cc2nc(-c3cccc(C(=O)NC)c3)cs2)cc1C.CNC(=O)c1cccc(C(=O)CBr)c1. The molecule has 10 heteroatoms. The standard InChI is InChI=1S/C24H28N4OS.C10H10BrNO2/c1-6-28(5)15-26-21-11-16(2)20(10-17(21)3)13-23-27-22(14-30-23)18-8-7-9-19(12-18)24(29)25-4;1-12-10(14)8-4-2-3-7(5-8)9(13)6-11/h7-12,14-15H,6,13H2,1-5H3,(H,25,29);2-5H,6H2,1H3,(H,12,14). The number of Topliss-reactive ketones (excluding diaryl/α,β-unsaturated/α-hetero) is 1. The van der Waals surface area contributed by atoms with Crippen molar-refractivity contribution in [3.05, 3.63) is 104 Å². The second kappa shape index (κ2) is 16.6. The number of aliphatic imine (C=N–C) groups is 1. The first kappa shape index (κ1) is 34.3. The molecule has 2 N–H and O–H groups in total. The molecule has 0 spiro atoms. The highest BCUT2D eigenvalue weighted by atomic mass is 79.9. The van der Waals surface area contributed by atoms with E-state index >= 15 is 0 Å². The fourth-order valence-electron chi connectivity index (χ4n) is 4.14. The number of aromatic nitrogens is 1. The zero-order valence-electron chi connectivity index (χ0n) is 25.9. The predicted molar refractivity (Wildman–Crippen MR) is 184 cm³/mol. The van der Waals surface area contributed by atoms with Gasteiger partial charge in [-0.1, -0.05) is 46.3 Å². The van der Waals surface area contributed by atoms with E-state index in [1.807, 2.05) is 37.7 Å². The Morgan fingerprint density at radius 3 is 2.20 bits per heavy atom. The van der Waals surface area contributed by atoms with Crippen molar-refractivity contribution in [2.24, 2.45) is 4.99 Å². The summed E-state index contributed by atoms with van der Waals surface area (Å²) in [5.74, 6) is -0.309. The summed E-state index contributed by atoms with van der Waals surface area (Å²) in [6, 6.07) is 18.6. The van der Waals surface area contributed by atoms with Crippen molar-refractivity contribution in [3.63, 3.8) is 0 Å². The largest absolute Gasteiger partial charge is 0.366 e. The topological polar surface area (TPSA) is 104 Å². The molecule has 1 heterocycles. The summed E-state index contributed by atoms with van der Waals surface area (Å²) in [6.45, 7) is 7.25. The first-order chi connectivity index (χ1) is 21.1. The minimum absolute atomic E-state index is 0.0317. The summed E-state index contributed by atoms with van der Waals surface area (Å²) in [6.07, 6.45) is 2.66. The molecule has 0 fully saturated rings. The maximum Gasteiger partial charge on any atom is 0.251 e. The summed E-state index contributed by atoms with van der Waals surface area (Å²) in [5, 5.41) is 8.55. The molecule has 0 atom stereocenters. The van der Waals surface area contributed by atoms with Crippen LogP contribution in [0, 0.1) is 13.8 Å². The number of nitrogens with one attached hydrogen (secondary N) is 2. The monoisotopic (exact) mass is 675 g/mol. The van der Waals surface area contributed by atoms with Gasteiger partial charge < -0.3 is 15.5 Å². The van der Waals surface area contributed by atoms with E-state index in [0.29, 0.717) is 16.7 Å². The third-order valence-corrected chi connectivity index (χ3v) is 8.24. The fourth-order valence-corrected chi connectivity index (χ4v) is 5.29. The second-order valence-electron chi connectivity index (χ2n) is 10.1. The molecule has 8 nitrogen and oxygen atoms in total. The van der Waals surface area contributed by atoms with Gasteiger partial charge in [0.05, 0.1) is 28.1 Å². The van der Waals surface area contributed by atoms with Gasteiger partial charge >= 0.3 is 0 Å². The smallest absolute Gasteiger partial charge is 0.251 e. The third-order valence-electron chi connectivity index (χ3n) is 6.88. The second-order valence-corrected chi connectivity index (χ2v) is 11.6. The molecule has 1 aromatic heterocycles. The number of carbonyl (C=O) groups is 3. The van der Waals surface area contributed by atoms with Gasteiger partial charge in [0.2, 0.25) is 0 Å². The van der Waals surface area contributed by atoms with E-state index in [9.17, 15) is 14.4 Å². The Morgan fingerprint density at radius 1 is 0.932 bits per heavy atom. The van der Waals surface area contributed by atoms with Crippen LogP contribution >= 0.6 is 27.3 Å². The lowest BCUT2D eigenvalue weighted by Crippen LogP contribution is -2.18. The van der Waals surface area contributed by atoms with Crippen molar-refractivity contribution in [1.82, 2.24) is 20.5 Å². The van der Waals surface area contributed by atoms with E-state index < -0.39 is 0 Å². The number of thiazole rings is 1. The van der Waals surface area contributed by atoms with Crippen LogP contribution in [0.5, 0.6) is 0 Å². The van der Waals surface area contributed by atoms with Crippen molar-refractivity contribution >= 4 is 56.9 Å². The fraction of sp³-hybridized carbons (Fsp3) is 0.265. The molecule has 0 aliphatic heterocycles. The summed E-state index contributed by atoms with van der Waals surface area (Å²) in [7, 11) is 5.21. The van der Waals surface area contributed by atoms with Crippen LogP contribution in [0.25, 0.3) is 11.3 Å². The molecule has 0 unspecified atom stereocenters. The van der Waals surface area contributed by atoms with Gasteiger partial charge in [-0.2, -0.15) is 0 Å². The molecule has 0 aliphatic carbocycles. The maximum absolute atomic E-state index is 11.9. The minimum atomic E-state index is -0.186. The lowest BCUT2D eigenvalue weighted by molar-refractivity contribution is 0.0954. The summed E-state index contributed by atoms with van der Waals surface area (Å²) in [5.41, 5.74) is 8.17. The summed E-state index contributed by atoms with van der Waals surface area (Å²) < 4.78 is 0. The van der Waals surface area contributed by atoms with Crippen LogP contribution in [-0.4, -0.2) is 66.8 Å². The van der Waals surface area contributed by atoms with E-state index in [1.54, 1.807) is 49.7 Å². The molecular weight excluding hydrogens is 638 g/mol. The van der Waals surface area contributed by atoms with Gasteiger partial charge in [-0.15, -0.1) is 11.3 Å². The molecular formula is C34H38BrN5O3S. The molecule has 0 radical (unpaired) electrons. The first-order valence-corrected chi connectivity index (χ1v) is 16.1. The number of hydrogen-bond donors (Lipinski definition) is 2. The number of halogens is 1. The Bertz CT molecular complexity index is 1620. The van der Waals surface area contributed by atoms with Crippen LogP contribution in [-0.2, 0) is 6.42 Å². The zero-order chi connectivity index (χ0) is 32.2. The van der Waals surface area contributed by atoms with Crippen molar-refractivity contribution in [2.75, 3.05) is 33.0 Å². The number of carbonyl (C=O) groups excluding carboxylic acids is 3. The minimum Gasteiger partial charge on any atom is -0.366 e. The highest BCUT2D eigenvalue weighted by Gasteiger charge is 2.11. The van der Waals surface area contributed by atoms with E-state index in [0.717, 1.165) is 40.5 Å². The third kappa shape index (κ3) is 9.42. The number of ketones is 1. The number of benzene rings is 3. The van der Waals surface area contributed by atoms with E-state index in [4.69, 9.17) is 4.98 Å². The van der Waals surface area contributed by atoms with Crippen LogP contribution in [0.2, 0.25) is 0 Å². The number of hydrogen-bond acceptors (Lipinski definition) is 6. The number of amides is 2. The summed E-state index contributed by atoms with van der Waals surface area (Å²) in [4.78, 5) is 45.9. The molecule has 44 heavy (non-hydrogen) atoms. The van der Waals surface area contributed by atoms with Gasteiger partial charge in [0.15, 0.2) is 5.78 Å². The Labute approximate surface area is 271 Å². The Hall–Kier alpha value is -4.15. The Morgan fingerprint density at radius 2 is 1.57 bits per heavy atom. The number of rotatable bonds is 10. The molecule has 4 aromatic rings. The van der Waals surface area contributed by atoms with E-state index in [1.165, 1.54) is 11.1 Å². The predicted octanol–water partition coefficient (Wildman–Crippen LogP) is 6.61. The van der Waals surface area contributed by atoms with Gasteiger partial charge in [0.25, 0.3) is 11.8 Å². The lowest BCUT2D eigenvalue weighted by Gasteiger charge is -2.11. The summed E-state index contributed by atoms with van der Waals surface area (Å²) >= 11 is 4.73. The molecule has 3 aromatic carbocycles. The molecule has 0 bridgehead atoms. The van der Waals surface area contributed by atoms with Crippen LogP contribution < -0.4 is 10.6 Å². The van der Waals surface area contributed by atoms with Crippen molar-refractivity contribution in [1.29, 1.82) is 0 Å². The quantitative estimate of drug-likeness (QED) is 0.0852. The van der Waals surface area contributed by atoms with Crippen LogP contribution in [0.3, 0.4) is 0 Å². The zero-order valence-corrected chi connectivity index (χ0v) is 28.3. The molecule has 0 saturated heterocycles. The molecule has 0 saturated carbocycles. The maximum atomic E-state index is 11.9. The molecule has 4 rings (SSSR count). The lowest BCUT2D eigenvalue weighted by atomic mass is 10.0. The molecule has 230 valence electrons. The van der Waals surface area contributed by atoms with Gasteiger partial charge in [-0.25, -0.2) is 9.98 Å². The van der Waals surface area contributed by atoms with Gasteiger partial charge in [-0.3, -0.25) is 14.4 Å². The normalized spacial score (nSPS) is 10.6. The average Bonchev–Trinajstić information content (AvgIpc) is 3.53. The first-order valence-electron chi connectivity index (χ1n) is 14.1. The van der Waals surface area contributed by atoms with E-state index in [2.05, 4.69) is 74.7 Å². The van der Waals surface area contributed by atoms with Crippen LogP contribution in [0.4, 0.5) is 5.69 Å². The van der Waals surface area contributed by atoms with Crippen molar-refractivity contribution < 1.29 is 14.4 Å². The number of nitrogens with zero attached hydrogens (tertiary/aromatic N) is 3. The average molecular weight is 677 g/mol. The van der Waals surface area contributed by atoms with Gasteiger partial charge in [0, 0.05) is 61.7 Å². The van der Waals surface area contributed by atoms with Crippen LogP contribution in [0.15, 0.2) is 71.0 Å².